The molecule has 0 aromatic carbocycles. The summed E-state index contributed by atoms with van der Waals surface area (Å²) in [6.45, 7) is 0. The quantitative estimate of drug-likeness (QED) is 0.360. The predicted molar refractivity (Wildman–Crippen MR) is 12.4 cm³/mol. The first-order valence-electron chi connectivity index (χ1n) is 0.775. The van der Waals surface area contributed by atoms with E-state index in [1.54, 1.807) is 0 Å². The van der Waals surface area contributed by atoms with Gasteiger partial charge in [0.1, 0.15) is 0 Å². The minimum absolute atomic E-state index is 0. The fraction of sp³-hybridized carbons (Fsp3) is 0. The minimum atomic E-state index is -2.17. The van der Waals surface area contributed by atoms with E-state index < -0.39 is 7.32 Å². The average Bonchev–Trinajstić information content (AvgIpc) is 0.811. The molecule has 0 amide bonds. The van der Waals surface area contributed by atoms with Crippen LogP contribution in [0.4, 0.5) is 0 Å². The second-order valence-corrected chi connectivity index (χ2v) is 0.346. The molecular formula is H3BGdO3TbY. The van der Waals surface area contributed by atoms with Crippen LogP contribution in [-0.4, -0.2) is 22.4 Å². The molecule has 44 valence electrons. The summed E-state index contributed by atoms with van der Waals surface area (Å²) >= 11 is 0. The van der Waals surface area contributed by atoms with Gasteiger partial charge in [-0.05, 0) is 0 Å². The van der Waals surface area contributed by atoms with Crippen LogP contribution < -0.4 is 0 Å². The zero-order valence-electron chi connectivity index (χ0n) is 3.18. The van der Waals surface area contributed by atoms with Gasteiger partial charge in [-0.15, -0.1) is 0 Å². The van der Waals surface area contributed by atoms with E-state index in [2.05, 4.69) is 0 Å². The van der Waals surface area contributed by atoms with Crippen molar-refractivity contribution >= 4 is 7.32 Å². The Bertz CT molecular complexity index is 19.7. The SMILES string of the molecule is OB(O)O.[Gd].[Tb].[Y]. The van der Waals surface area contributed by atoms with Gasteiger partial charge in [-0.3, -0.25) is 0 Å². The molecule has 3 nitrogen and oxygen atoms in total. The monoisotopic (exact) mass is 468 g/mol. The largest absolute Gasteiger partial charge is 0.631 e. The summed E-state index contributed by atoms with van der Waals surface area (Å²) in [5.41, 5.74) is 0. The maximum Gasteiger partial charge on any atom is 0.631 e. The Morgan fingerprint density at radius 2 is 1.00 bits per heavy atom. The maximum absolute atomic E-state index is 7.17. The van der Waals surface area contributed by atoms with Crippen LogP contribution in [0.2, 0.25) is 0 Å². The summed E-state index contributed by atoms with van der Waals surface area (Å²) in [7, 11) is -2.17. The van der Waals surface area contributed by atoms with Gasteiger partial charge in [-0.1, -0.05) is 0 Å². The molecule has 2 radical (unpaired) electrons. The van der Waals surface area contributed by atoms with Gasteiger partial charge in [0.25, 0.3) is 0 Å². The minimum Gasteiger partial charge on any atom is -0.402 e. The van der Waals surface area contributed by atoms with E-state index in [-0.39, 0.29) is 111 Å². The van der Waals surface area contributed by atoms with E-state index in [1.807, 2.05) is 0 Å². The number of hydrogen-bond donors (Lipinski definition) is 3. The van der Waals surface area contributed by atoms with E-state index >= 15 is 0 Å². The molecule has 0 heterocycles. The molecular weight excluding hydrogens is 464 g/mol. The topological polar surface area (TPSA) is 60.7 Å². The van der Waals surface area contributed by atoms with Crippen LogP contribution in [0, 0.1) is 78.6 Å². The molecule has 0 aliphatic carbocycles. The van der Waals surface area contributed by atoms with E-state index in [1.165, 1.54) is 0 Å². The summed E-state index contributed by atoms with van der Waals surface area (Å²) in [5.74, 6) is 0. The Morgan fingerprint density at radius 3 is 1.00 bits per heavy atom. The fourth-order valence-corrected chi connectivity index (χ4v) is 0. The first-order chi connectivity index (χ1) is 1.73. The van der Waals surface area contributed by atoms with Crippen molar-refractivity contribution in [2.45, 2.75) is 0 Å². The summed E-state index contributed by atoms with van der Waals surface area (Å²) in [5, 5.41) is 21.5. The van der Waals surface area contributed by atoms with Gasteiger partial charge >= 0.3 is 7.32 Å². The summed E-state index contributed by atoms with van der Waals surface area (Å²) in [6.07, 6.45) is 0. The molecule has 0 aliphatic heterocycles. The molecule has 0 fully saturated rings. The normalized spacial score (nSPS) is 3.86. The summed E-state index contributed by atoms with van der Waals surface area (Å²) < 4.78 is 0. The third-order valence-electron chi connectivity index (χ3n) is 0. The first-order valence-corrected chi connectivity index (χ1v) is 0.775. The van der Waals surface area contributed by atoms with Gasteiger partial charge in [-0.25, -0.2) is 0 Å². The van der Waals surface area contributed by atoms with E-state index in [0.717, 1.165) is 0 Å². The van der Waals surface area contributed by atoms with Gasteiger partial charge in [0.15, 0.2) is 0 Å². The Labute approximate surface area is 130 Å². The van der Waals surface area contributed by atoms with Crippen molar-refractivity contribution in [1.82, 2.24) is 0 Å². The zero-order valence-corrected chi connectivity index (χ0v) is 10.4. The van der Waals surface area contributed by atoms with Crippen molar-refractivity contribution in [3.8, 4) is 0 Å². The van der Waals surface area contributed by atoms with Crippen LogP contribution in [0.3, 0.4) is 0 Å². The molecule has 7 heavy (non-hydrogen) atoms. The smallest absolute Gasteiger partial charge is 0.402 e. The van der Waals surface area contributed by atoms with Crippen LogP contribution in [0.1, 0.15) is 0 Å². The van der Waals surface area contributed by atoms with Gasteiger partial charge in [0.05, 0.1) is 0 Å². The molecule has 0 saturated heterocycles. The molecule has 0 rings (SSSR count). The van der Waals surface area contributed by atoms with Crippen molar-refractivity contribution < 1.29 is 126 Å². The Morgan fingerprint density at radius 1 is 1.00 bits per heavy atom. The van der Waals surface area contributed by atoms with Crippen LogP contribution in [0.25, 0.3) is 0 Å². The molecule has 0 spiro atoms. The zero-order chi connectivity index (χ0) is 3.58. The average molecular weight is 467 g/mol. The predicted octanol–water partition coefficient (Wildman–Crippen LogP) is -2.05. The number of rotatable bonds is 0. The Hall–Kier alpha value is 3.66. The van der Waals surface area contributed by atoms with Gasteiger partial charge in [0, 0.05) is 111 Å². The third-order valence-corrected chi connectivity index (χ3v) is 0. The second-order valence-electron chi connectivity index (χ2n) is 0.346. The van der Waals surface area contributed by atoms with Crippen molar-refractivity contribution in [2.24, 2.45) is 0 Å². The molecule has 0 atom stereocenters. The number of hydrogen-bond acceptors (Lipinski definition) is 3. The van der Waals surface area contributed by atoms with Crippen LogP contribution in [-0.2, 0) is 32.7 Å². The van der Waals surface area contributed by atoms with Crippen LogP contribution >= 0.6 is 0 Å². The van der Waals surface area contributed by atoms with Crippen molar-refractivity contribution in [3.05, 3.63) is 0 Å². The first kappa shape index (κ1) is 22.4. The molecule has 7 heteroatoms. The van der Waals surface area contributed by atoms with Gasteiger partial charge in [0.2, 0.25) is 0 Å². The molecule has 0 aromatic rings. The van der Waals surface area contributed by atoms with Crippen molar-refractivity contribution in [1.29, 1.82) is 0 Å². The van der Waals surface area contributed by atoms with Crippen LogP contribution in [0.15, 0.2) is 0 Å². The summed E-state index contributed by atoms with van der Waals surface area (Å²) in [6, 6.07) is 0. The molecule has 0 aliphatic rings. The standard InChI is InChI=1S/BH3O3.Gd.Tb.Y/c2-1(3)4;;;/h2-4H;;;. The molecule has 0 unspecified atom stereocenters. The molecule has 0 saturated carbocycles. The van der Waals surface area contributed by atoms with Gasteiger partial charge in [-0.2, -0.15) is 0 Å². The Kier molecular flexibility index (Phi) is 52.3. The van der Waals surface area contributed by atoms with E-state index in [4.69, 9.17) is 15.1 Å². The van der Waals surface area contributed by atoms with Crippen molar-refractivity contribution in [2.75, 3.05) is 0 Å². The fourth-order valence-electron chi connectivity index (χ4n) is 0. The molecule has 3 N–H and O–H groups in total. The van der Waals surface area contributed by atoms with Crippen LogP contribution in [0.5, 0.6) is 0 Å². The third kappa shape index (κ3) is 42.3. The van der Waals surface area contributed by atoms with Crippen molar-refractivity contribution in [3.63, 3.8) is 0 Å². The van der Waals surface area contributed by atoms with Gasteiger partial charge < -0.3 is 15.1 Å². The second kappa shape index (κ2) is 16.3. The Balaban J connectivity index is -0.0000000150. The van der Waals surface area contributed by atoms with E-state index in [0.29, 0.717) is 0 Å². The summed E-state index contributed by atoms with van der Waals surface area (Å²) in [4.78, 5) is 0. The van der Waals surface area contributed by atoms with E-state index in [9.17, 15) is 0 Å². The molecule has 0 bridgehead atoms. The maximum atomic E-state index is 7.17. The molecule has 0 aromatic heterocycles.